The normalized spacial score (nSPS) is 16.1. The summed E-state index contributed by atoms with van der Waals surface area (Å²) in [4.78, 5) is 26.9. The second-order valence-electron chi connectivity index (χ2n) is 8.13. The topological polar surface area (TPSA) is 84.0 Å². The van der Waals surface area contributed by atoms with Crippen LogP contribution in [0.25, 0.3) is 0 Å². The molecule has 0 radical (unpaired) electrons. The van der Waals surface area contributed by atoms with Crippen molar-refractivity contribution in [1.82, 2.24) is 9.80 Å². The van der Waals surface area contributed by atoms with E-state index in [-0.39, 0.29) is 36.1 Å². The quantitative estimate of drug-likeness (QED) is 0.580. The standard InChI is InChI=1S/C23H25ClF2N2O5S/c1-15(14-33-23(30)28-11-9-27(10-12-28)16(2)29)22(20-13-18(25)5-8-21(20)26)34(31,32)19-6-3-17(24)4-7-19/h3-8,13,15,22H,9-12,14H2,1-2H3/t15-,22+/m1/s1. The third-order valence-corrected chi connectivity index (χ3v) is 8.28. The molecular formula is C23H25ClF2N2O5S. The van der Waals surface area contributed by atoms with Crippen LogP contribution in [0.15, 0.2) is 47.4 Å². The van der Waals surface area contributed by atoms with Crippen LogP contribution >= 0.6 is 11.6 Å². The lowest BCUT2D eigenvalue weighted by atomic mass is 10.0. The molecule has 1 fully saturated rings. The molecule has 2 atom stereocenters. The van der Waals surface area contributed by atoms with Crippen LogP contribution < -0.4 is 0 Å². The molecule has 184 valence electrons. The van der Waals surface area contributed by atoms with E-state index in [4.69, 9.17) is 16.3 Å². The first-order chi connectivity index (χ1) is 16.0. The van der Waals surface area contributed by atoms with Gasteiger partial charge >= 0.3 is 6.09 Å². The van der Waals surface area contributed by atoms with Gasteiger partial charge in [-0.05, 0) is 42.5 Å². The molecule has 0 aromatic heterocycles. The molecule has 3 rings (SSSR count). The summed E-state index contributed by atoms with van der Waals surface area (Å²) in [6, 6.07) is 7.95. The van der Waals surface area contributed by atoms with Gasteiger partial charge in [0.2, 0.25) is 5.91 Å². The van der Waals surface area contributed by atoms with E-state index >= 15 is 0 Å². The van der Waals surface area contributed by atoms with Gasteiger partial charge in [0.05, 0.1) is 16.8 Å². The summed E-state index contributed by atoms with van der Waals surface area (Å²) >= 11 is 5.86. The Labute approximate surface area is 202 Å². The fourth-order valence-corrected chi connectivity index (χ4v) is 6.01. The SMILES string of the molecule is CC(=O)N1CCN(C(=O)OC[C@@H](C)[C@@H](c2cc(F)ccc2F)S(=O)(=O)c2ccc(Cl)cc2)CC1. The van der Waals surface area contributed by atoms with Crippen molar-refractivity contribution in [3.63, 3.8) is 0 Å². The molecular weight excluding hydrogens is 490 g/mol. The molecule has 0 saturated carbocycles. The molecule has 1 aliphatic rings. The first-order valence-electron chi connectivity index (χ1n) is 10.6. The second-order valence-corrected chi connectivity index (χ2v) is 10.6. The predicted molar refractivity (Wildman–Crippen MR) is 122 cm³/mol. The highest BCUT2D eigenvalue weighted by Crippen LogP contribution is 2.37. The summed E-state index contributed by atoms with van der Waals surface area (Å²) < 4.78 is 60.9. The lowest BCUT2D eigenvalue weighted by Crippen LogP contribution is -2.50. The largest absolute Gasteiger partial charge is 0.449 e. The Morgan fingerprint density at radius 3 is 2.21 bits per heavy atom. The number of hydrogen-bond acceptors (Lipinski definition) is 5. The fraction of sp³-hybridized carbons (Fsp3) is 0.391. The Hall–Kier alpha value is -2.72. The van der Waals surface area contributed by atoms with E-state index in [1.807, 2.05) is 0 Å². The average molecular weight is 515 g/mol. The number of halogens is 3. The highest BCUT2D eigenvalue weighted by atomic mass is 35.5. The van der Waals surface area contributed by atoms with Gasteiger partial charge < -0.3 is 14.5 Å². The average Bonchev–Trinajstić information content (AvgIpc) is 2.80. The van der Waals surface area contributed by atoms with E-state index in [1.165, 1.54) is 43.0 Å². The molecule has 1 heterocycles. The summed E-state index contributed by atoms with van der Waals surface area (Å²) in [5.41, 5.74) is -0.353. The van der Waals surface area contributed by atoms with Crippen LogP contribution in [0.4, 0.5) is 13.6 Å². The van der Waals surface area contributed by atoms with Crippen molar-refractivity contribution >= 4 is 33.4 Å². The van der Waals surface area contributed by atoms with Gasteiger partial charge in [0, 0.05) is 49.6 Å². The smallest absolute Gasteiger partial charge is 0.409 e. The molecule has 0 spiro atoms. The Morgan fingerprint density at radius 2 is 1.62 bits per heavy atom. The molecule has 34 heavy (non-hydrogen) atoms. The number of piperazine rings is 1. The molecule has 0 aliphatic carbocycles. The van der Waals surface area contributed by atoms with Crippen molar-refractivity contribution in [3.8, 4) is 0 Å². The Morgan fingerprint density at radius 1 is 1.03 bits per heavy atom. The van der Waals surface area contributed by atoms with Crippen molar-refractivity contribution in [3.05, 3.63) is 64.7 Å². The van der Waals surface area contributed by atoms with Gasteiger partial charge in [-0.3, -0.25) is 4.79 Å². The molecule has 0 unspecified atom stereocenters. The lowest BCUT2D eigenvalue weighted by molar-refractivity contribution is -0.130. The molecule has 2 amide bonds. The Balaban J connectivity index is 1.82. The lowest BCUT2D eigenvalue weighted by Gasteiger charge is -2.34. The van der Waals surface area contributed by atoms with Crippen molar-refractivity contribution in [1.29, 1.82) is 0 Å². The van der Waals surface area contributed by atoms with E-state index in [0.717, 1.165) is 18.2 Å². The van der Waals surface area contributed by atoms with Gasteiger partial charge in [-0.15, -0.1) is 0 Å². The van der Waals surface area contributed by atoms with Gasteiger partial charge in [-0.25, -0.2) is 22.0 Å². The minimum atomic E-state index is -4.21. The summed E-state index contributed by atoms with van der Waals surface area (Å²) in [6.45, 7) is 3.87. The molecule has 7 nitrogen and oxygen atoms in total. The van der Waals surface area contributed by atoms with Gasteiger partial charge in [0.1, 0.15) is 11.6 Å². The molecule has 1 aliphatic heterocycles. The van der Waals surface area contributed by atoms with Crippen LogP contribution in [-0.2, 0) is 19.4 Å². The van der Waals surface area contributed by atoms with E-state index in [1.54, 1.807) is 4.90 Å². The first kappa shape index (κ1) is 25.9. The fourth-order valence-electron chi connectivity index (χ4n) is 3.87. The van der Waals surface area contributed by atoms with Crippen LogP contribution in [0.2, 0.25) is 5.02 Å². The number of nitrogens with zero attached hydrogens (tertiary/aromatic N) is 2. The molecule has 0 bridgehead atoms. The van der Waals surface area contributed by atoms with Gasteiger partial charge in [0.25, 0.3) is 0 Å². The van der Waals surface area contributed by atoms with Gasteiger partial charge in [0.15, 0.2) is 9.84 Å². The monoisotopic (exact) mass is 514 g/mol. The molecule has 2 aromatic carbocycles. The summed E-state index contributed by atoms with van der Waals surface area (Å²) in [5.74, 6) is -2.68. The van der Waals surface area contributed by atoms with Crippen molar-refractivity contribution in [2.75, 3.05) is 32.8 Å². The number of rotatable bonds is 6. The van der Waals surface area contributed by atoms with Crippen LogP contribution in [0.1, 0.15) is 24.7 Å². The maximum absolute atomic E-state index is 14.7. The number of carbonyl (C=O) groups is 2. The van der Waals surface area contributed by atoms with Crippen molar-refractivity contribution in [2.24, 2.45) is 5.92 Å². The third kappa shape index (κ3) is 5.85. The van der Waals surface area contributed by atoms with Crippen LogP contribution in [0.3, 0.4) is 0 Å². The molecule has 2 aromatic rings. The first-order valence-corrected chi connectivity index (χ1v) is 12.5. The van der Waals surface area contributed by atoms with Gasteiger partial charge in [-0.1, -0.05) is 18.5 Å². The number of carbonyl (C=O) groups excluding carboxylic acids is 2. The van der Waals surface area contributed by atoms with E-state index in [9.17, 15) is 26.8 Å². The third-order valence-electron chi connectivity index (χ3n) is 5.71. The predicted octanol–water partition coefficient (Wildman–Crippen LogP) is 4.07. The molecule has 0 N–H and O–H groups in total. The molecule has 11 heteroatoms. The Bertz CT molecular complexity index is 1150. The highest BCUT2D eigenvalue weighted by molar-refractivity contribution is 7.91. The van der Waals surface area contributed by atoms with Crippen LogP contribution in [0, 0.1) is 17.6 Å². The van der Waals surface area contributed by atoms with E-state index in [2.05, 4.69) is 0 Å². The number of ether oxygens (including phenoxy) is 1. The van der Waals surface area contributed by atoms with Gasteiger partial charge in [-0.2, -0.15) is 0 Å². The minimum Gasteiger partial charge on any atom is -0.449 e. The summed E-state index contributed by atoms with van der Waals surface area (Å²) in [5, 5.41) is -1.20. The number of hydrogen-bond donors (Lipinski definition) is 0. The summed E-state index contributed by atoms with van der Waals surface area (Å²) in [6.07, 6.45) is -0.669. The minimum absolute atomic E-state index is 0.0889. The maximum Gasteiger partial charge on any atom is 0.409 e. The molecule has 1 saturated heterocycles. The van der Waals surface area contributed by atoms with Crippen LogP contribution in [-0.4, -0.2) is 63.0 Å². The number of sulfone groups is 1. The summed E-state index contributed by atoms with van der Waals surface area (Å²) in [7, 11) is -4.21. The zero-order valence-electron chi connectivity index (χ0n) is 18.7. The zero-order valence-corrected chi connectivity index (χ0v) is 20.3. The maximum atomic E-state index is 14.7. The second kappa shape index (κ2) is 10.7. The van der Waals surface area contributed by atoms with Crippen molar-refractivity contribution < 1.29 is 31.5 Å². The van der Waals surface area contributed by atoms with Crippen molar-refractivity contribution in [2.45, 2.75) is 24.0 Å². The van der Waals surface area contributed by atoms with E-state index in [0.29, 0.717) is 18.1 Å². The van der Waals surface area contributed by atoms with Crippen LogP contribution in [0.5, 0.6) is 0 Å². The van der Waals surface area contributed by atoms with E-state index < -0.39 is 38.7 Å². The Kier molecular flexibility index (Phi) is 8.14. The highest BCUT2D eigenvalue weighted by Gasteiger charge is 2.37. The zero-order chi connectivity index (χ0) is 25.0. The number of amides is 2. The number of benzene rings is 2.